The van der Waals surface area contributed by atoms with Crippen molar-refractivity contribution in [3.63, 3.8) is 0 Å². The van der Waals surface area contributed by atoms with Crippen LogP contribution in [-0.2, 0) is 13.0 Å². The van der Waals surface area contributed by atoms with Gasteiger partial charge < -0.3 is 20.3 Å². The number of phenolic OH excluding ortho intramolecular Hbond substituents is 1. The molecule has 0 fully saturated rings. The van der Waals surface area contributed by atoms with Crippen molar-refractivity contribution in [2.24, 2.45) is 5.73 Å². The monoisotopic (exact) mass is 405 g/mol. The second-order valence-corrected chi connectivity index (χ2v) is 6.65. The molecule has 7 heteroatoms. The SMILES string of the molecule is CCCc1c(OCc2ccc(Oc3ncccc3C(=N)N)cc2)ccc(C=O)c1O. The zero-order chi connectivity index (χ0) is 21.5. The molecular formula is C23H23N3O4. The summed E-state index contributed by atoms with van der Waals surface area (Å²) in [6, 6.07) is 13.9. The molecule has 0 radical (unpaired) electrons. The zero-order valence-corrected chi connectivity index (χ0v) is 16.6. The van der Waals surface area contributed by atoms with Crippen molar-refractivity contribution in [3.05, 3.63) is 77.0 Å². The van der Waals surface area contributed by atoms with Crippen molar-refractivity contribution in [2.75, 3.05) is 0 Å². The first-order valence-corrected chi connectivity index (χ1v) is 9.52. The van der Waals surface area contributed by atoms with E-state index in [1.165, 1.54) is 0 Å². The molecule has 0 aliphatic heterocycles. The lowest BCUT2D eigenvalue weighted by atomic mass is 10.0. The normalized spacial score (nSPS) is 10.4. The summed E-state index contributed by atoms with van der Waals surface area (Å²) in [5.41, 5.74) is 7.77. The van der Waals surface area contributed by atoms with Crippen molar-refractivity contribution in [1.29, 1.82) is 5.41 Å². The number of nitrogens with one attached hydrogen (secondary N) is 1. The molecule has 0 saturated heterocycles. The first kappa shape index (κ1) is 20.9. The smallest absolute Gasteiger partial charge is 0.230 e. The van der Waals surface area contributed by atoms with E-state index < -0.39 is 0 Å². The number of benzene rings is 2. The van der Waals surface area contributed by atoms with E-state index in [0.29, 0.717) is 41.9 Å². The number of carbonyl (C=O) groups excluding carboxylic acids is 1. The van der Waals surface area contributed by atoms with Crippen LogP contribution in [0.1, 0.15) is 40.4 Å². The number of hydrogen-bond donors (Lipinski definition) is 3. The van der Waals surface area contributed by atoms with Crippen LogP contribution in [0.4, 0.5) is 0 Å². The number of phenols is 1. The Bertz CT molecular complexity index is 1050. The molecule has 0 bridgehead atoms. The van der Waals surface area contributed by atoms with Gasteiger partial charge in [0.2, 0.25) is 5.88 Å². The molecule has 0 aliphatic carbocycles. The lowest BCUT2D eigenvalue weighted by molar-refractivity contribution is 0.112. The first-order chi connectivity index (χ1) is 14.5. The second kappa shape index (κ2) is 9.56. The summed E-state index contributed by atoms with van der Waals surface area (Å²) in [6.07, 6.45) is 3.63. The van der Waals surface area contributed by atoms with Crippen LogP contribution in [0.15, 0.2) is 54.7 Å². The van der Waals surface area contributed by atoms with Gasteiger partial charge in [-0.25, -0.2) is 4.98 Å². The second-order valence-electron chi connectivity index (χ2n) is 6.65. The van der Waals surface area contributed by atoms with Gasteiger partial charge in [0.1, 0.15) is 29.7 Å². The number of aldehydes is 1. The van der Waals surface area contributed by atoms with Gasteiger partial charge in [-0.15, -0.1) is 0 Å². The highest BCUT2D eigenvalue weighted by Crippen LogP contribution is 2.32. The molecule has 0 atom stereocenters. The fraction of sp³-hybridized carbons (Fsp3) is 0.174. The molecule has 3 rings (SSSR count). The third kappa shape index (κ3) is 4.75. The van der Waals surface area contributed by atoms with Gasteiger partial charge >= 0.3 is 0 Å². The van der Waals surface area contributed by atoms with Gasteiger partial charge in [-0.2, -0.15) is 0 Å². The lowest BCUT2D eigenvalue weighted by Crippen LogP contribution is -2.12. The molecule has 0 amide bonds. The molecule has 1 aromatic heterocycles. The maximum atomic E-state index is 11.1. The highest BCUT2D eigenvalue weighted by molar-refractivity contribution is 5.97. The number of nitrogen functional groups attached to an aromatic ring is 1. The fourth-order valence-corrected chi connectivity index (χ4v) is 2.96. The molecule has 30 heavy (non-hydrogen) atoms. The minimum Gasteiger partial charge on any atom is -0.507 e. The molecule has 0 spiro atoms. The van der Waals surface area contributed by atoms with Crippen LogP contribution in [0, 0.1) is 5.41 Å². The third-order valence-electron chi connectivity index (χ3n) is 4.49. The standard InChI is InChI=1S/C23H23N3O4/c1-2-4-18-20(11-8-16(13-27)21(18)28)29-14-15-6-9-17(10-7-15)30-23-19(22(24)25)5-3-12-26-23/h3,5-13,28H,2,4,14H2,1H3,(H3,24,25). The van der Waals surface area contributed by atoms with Crippen molar-refractivity contribution in [3.8, 4) is 23.1 Å². The largest absolute Gasteiger partial charge is 0.507 e. The van der Waals surface area contributed by atoms with Gasteiger partial charge in [0.15, 0.2) is 6.29 Å². The van der Waals surface area contributed by atoms with Gasteiger partial charge in [-0.05, 0) is 48.4 Å². The van der Waals surface area contributed by atoms with Crippen LogP contribution in [0.2, 0.25) is 0 Å². The minimum atomic E-state index is -0.116. The van der Waals surface area contributed by atoms with Crippen LogP contribution in [0.3, 0.4) is 0 Å². The number of ether oxygens (including phenoxy) is 2. The Morgan fingerprint density at radius 1 is 1.20 bits per heavy atom. The van der Waals surface area contributed by atoms with Crippen molar-refractivity contribution >= 4 is 12.1 Å². The maximum Gasteiger partial charge on any atom is 0.230 e. The molecule has 0 aliphatic rings. The highest BCUT2D eigenvalue weighted by atomic mass is 16.5. The topological polar surface area (TPSA) is 119 Å². The number of nitrogens with zero attached hydrogens (tertiary/aromatic N) is 1. The molecule has 0 saturated carbocycles. The Balaban J connectivity index is 1.71. The zero-order valence-electron chi connectivity index (χ0n) is 16.6. The summed E-state index contributed by atoms with van der Waals surface area (Å²) in [6.45, 7) is 2.29. The Hall–Kier alpha value is -3.87. The molecule has 154 valence electrons. The Morgan fingerprint density at radius 2 is 1.97 bits per heavy atom. The lowest BCUT2D eigenvalue weighted by Gasteiger charge is -2.14. The van der Waals surface area contributed by atoms with Gasteiger partial charge in [0, 0.05) is 11.8 Å². The van der Waals surface area contributed by atoms with Crippen molar-refractivity contribution < 1.29 is 19.4 Å². The van der Waals surface area contributed by atoms with Crippen molar-refractivity contribution in [2.45, 2.75) is 26.4 Å². The average molecular weight is 405 g/mol. The van der Waals surface area contributed by atoms with Crippen LogP contribution < -0.4 is 15.2 Å². The van der Waals surface area contributed by atoms with Crippen LogP contribution in [0.25, 0.3) is 0 Å². The van der Waals surface area contributed by atoms with Crippen LogP contribution >= 0.6 is 0 Å². The number of carbonyl (C=O) groups is 1. The van der Waals surface area contributed by atoms with E-state index in [9.17, 15) is 9.90 Å². The number of nitrogens with two attached hydrogens (primary N) is 1. The summed E-state index contributed by atoms with van der Waals surface area (Å²) in [5.74, 6) is 1.24. The van der Waals surface area contributed by atoms with Gasteiger partial charge in [0.25, 0.3) is 0 Å². The molecule has 0 unspecified atom stereocenters. The molecular weight excluding hydrogens is 382 g/mol. The van der Waals surface area contributed by atoms with E-state index in [1.54, 1.807) is 42.6 Å². The summed E-state index contributed by atoms with van der Waals surface area (Å²) in [7, 11) is 0. The minimum absolute atomic E-state index is 0.0234. The maximum absolute atomic E-state index is 11.1. The summed E-state index contributed by atoms with van der Waals surface area (Å²) in [4.78, 5) is 15.2. The molecule has 4 N–H and O–H groups in total. The van der Waals surface area contributed by atoms with E-state index in [-0.39, 0.29) is 23.0 Å². The summed E-state index contributed by atoms with van der Waals surface area (Å²) in [5, 5.41) is 17.9. The van der Waals surface area contributed by atoms with E-state index in [0.717, 1.165) is 12.0 Å². The molecule has 7 nitrogen and oxygen atoms in total. The number of rotatable bonds is 9. The molecule has 1 heterocycles. The summed E-state index contributed by atoms with van der Waals surface area (Å²) < 4.78 is 11.6. The average Bonchev–Trinajstić information content (AvgIpc) is 2.75. The van der Waals surface area contributed by atoms with E-state index in [1.807, 2.05) is 19.1 Å². The quantitative estimate of drug-likeness (QED) is 0.279. The number of aromatic hydroxyl groups is 1. The Morgan fingerprint density at radius 3 is 2.63 bits per heavy atom. The first-order valence-electron chi connectivity index (χ1n) is 9.52. The Kier molecular flexibility index (Phi) is 6.64. The van der Waals surface area contributed by atoms with E-state index in [2.05, 4.69) is 4.98 Å². The predicted molar refractivity (Wildman–Crippen MR) is 114 cm³/mol. The van der Waals surface area contributed by atoms with E-state index in [4.69, 9.17) is 20.6 Å². The Labute approximate surface area is 174 Å². The number of amidine groups is 1. The molecule has 2 aromatic carbocycles. The predicted octanol–water partition coefficient (Wildman–Crippen LogP) is 4.21. The van der Waals surface area contributed by atoms with Gasteiger partial charge in [-0.1, -0.05) is 25.5 Å². The van der Waals surface area contributed by atoms with E-state index >= 15 is 0 Å². The number of hydrogen-bond acceptors (Lipinski definition) is 6. The van der Waals surface area contributed by atoms with Crippen LogP contribution in [0.5, 0.6) is 23.1 Å². The fourth-order valence-electron chi connectivity index (χ4n) is 2.96. The summed E-state index contributed by atoms with van der Waals surface area (Å²) >= 11 is 0. The molecule has 3 aromatic rings. The third-order valence-corrected chi connectivity index (χ3v) is 4.49. The number of aromatic nitrogens is 1. The van der Waals surface area contributed by atoms with Gasteiger partial charge in [-0.3, -0.25) is 10.2 Å². The van der Waals surface area contributed by atoms with Gasteiger partial charge in [0.05, 0.1) is 11.1 Å². The van der Waals surface area contributed by atoms with Crippen molar-refractivity contribution in [1.82, 2.24) is 4.98 Å². The number of pyridine rings is 1. The van der Waals surface area contributed by atoms with Crippen LogP contribution in [-0.4, -0.2) is 22.2 Å². The highest BCUT2D eigenvalue weighted by Gasteiger charge is 2.13.